The second kappa shape index (κ2) is 7.88. The van der Waals surface area contributed by atoms with Crippen LogP contribution >= 0.6 is 11.8 Å². The van der Waals surface area contributed by atoms with Gasteiger partial charge < -0.3 is 15.0 Å². The highest BCUT2D eigenvalue weighted by Crippen LogP contribution is 2.42. The summed E-state index contributed by atoms with van der Waals surface area (Å²) in [7, 11) is 3.34. The predicted octanol–water partition coefficient (Wildman–Crippen LogP) is 3.94. The zero-order valence-electron chi connectivity index (χ0n) is 15.8. The second-order valence-corrected chi connectivity index (χ2v) is 7.65. The van der Waals surface area contributed by atoms with E-state index >= 15 is 0 Å². The molecule has 0 unspecified atom stereocenters. The van der Waals surface area contributed by atoms with Crippen LogP contribution in [0.25, 0.3) is 6.08 Å². The molecule has 1 aliphatic heterocycles. The number of hydrogen-bond donors (Lipinski definition) is 1. The number of carbonyl (C=O) groups excluding carboxylic acids is 2. The van der Waals surface area contributed by atoms with Crippen LogP contribution in [0.1, 0.15) is 29.8 Å². The smallest absolute Gasteiger partial charge is 0.264 e. The molecule has 0 spiro atoms. The molecule has 0 radical (unpaired) electrons. The molecule has 1 N–H and O–H groups in total. The number of likely N-dealkylation sites (N-methyl/N-ethyl adjacent to an activating group) is 1. The van der Waals surface area contributed by atoms with Crippen molar-refractivity contribution in [3.63, 3.8) is 0 Å². The number of anilines is 1. The maximum Gasteiger partial charge on any atom is 0.264 e. The summed E-state index contributed by atoms with van der Waals surface area (Å²) in [4.78, 5) is 28.2. The molecule has 1 heterocycles. The van der Waals surface area contributed by atoms with Crippen LogP contribution in [0.15, 0.2) is 52.3 Å². The quantitative estimate of drug-likeness (QED) is 0.814. The van der Waals surface area contributed by atoms with Gasteiger partial charge in [0.15, 0.2) is 0 Å². The topological polar surface area (TPSA) is 58.6 Å². The van der Waals surface area contributed by atoms with E-state index in [-0.39, 0.29) is 17.9 Å². The minimum atomic E-state index is -0.142. The minimum absolute atomic E-state index is 0.0552. The van der Waals surface area contributed by atoms with Crippen LogP contribution in [0.4, 0.5) is 5.69 Å². The first-order valence-corrected chi connectivity index (χ1v) is 9.47. The third-order valence-electron chi connectivity index (χ3n) is 4.13. The van der Waals surface area contributed by atoms with Crippen molar-refractivity contribution in [1.82, 2.24) is 5.32 Å². The van der Waals surface area contributed by atoms with Gasteiger partial charge in [-0.05, 0) is 55.8 Å². The summed E-state index contributed by atoms with van der Waals surface area (Å²) >= 11 is 1.41. The van der Waals surface area contributed by atoms with Crippen LogP contribution < -0.4 is 15.0 Å². The summed E-state index contributed by atoms with van der Waals surface area (Å²) < 4.78 is 5.24. The summed E-state index contributed by atoms with van der Waals surface area (Å²) in [6.07, 6.45) is 1.86. The van der Waals surface area contributed by atoms with Gasteiger partial charge in [-0.25, -0.2) is 0 Å². The van der Waals surface area contributed by atoms with Crippen LogP contribution in [0.3, 0.4) is 0 Å². The lowest BCUT2D eigenvalue weighted by Gasteiger charge is -2.27. The maximum absolute atomic E-state index is 12.8. The van der Waals surface area contributed by atoms with Crippen LogP contribution in [-0.2, 0) is 4.79 Å². The Morgan fingerprint density at radius 1 is 1.22 bits per heavy atom. The molecule has 0 aliphatic carbocycles. The average Bonchev–Trinajstić information content (AvgIpc) is 2.65. The van der Waals surface area contributed by atoms with Gasteiger partial charge >= 0.3 is 0 Å². The number of methoxy groups -OCH3 is 1. The van der Waals surface area contributed by atoms with Crippen LogP contribution in [-0.4, -0.2) is 32.0 Å². The Morgan fingerprint density at radius 3 is 2.70 bits per heavy atom. The van der Waals surface area contributed by atoms with E-state index in [0.717, 1.165) is 21.9 Å². The Balaban J connectivity index is 1.92. The molecular weight excluding hydrogens is 360 g/mol. The van der Waals surface area contributed by atoms with Gasteiger partial charge in [0.1, 0.15) is 5.75 Å². The van der Waals surface area contributed by atoms with Gasteiger partial charge in [-0.1, -0.05) is 23.9 Å². The molecule has 27 heavy (non-hydrogen) atoms. The lowest BCUT2D eigenvalue weighted by atomic mass is 10.1. The molecule has 0 saturated carbocycles. The number of nitrogens with zero attached hydrogens (tertiary/aromatic N) is 1. The molecule has 6 heteroatoms. The first kappa shape index (κ1) is 19.0. The summed E-state index contributed by atoms with van der Waals surface area (Å²) in [5.41, 5.74) is 2.18. The highest BCUT2D eigenvalue weighted by molar-refractivity contribution is 8.04. The Labute approximate surface area is 163 Å². The number of fused-ring (bicyclic) bond motifs is 1. The average molecular weight is 382 g/mol. The van der Waals surface area contributed by atoms with Crippen molar-refractivity contribution in [2.24, 2.45) is 0 Å². The number of ether oxygens (including phenoxy) is 1. The van der Waals surface area contributed by atoms with E-state index in [1.54, 1.807) is 31.2 Å². The molecule has 5 nitrogen and oxygen atoms in total. The Kier molecular flexibility index (Phi) is 5.56. The van der Waals surface area contributed by atoms with Crippen molar-refractivity contribution < 1.29 is 14.3 Å². The Morgan fingerprint density at radius 2 is 2.00 bits per heavy atom. The fraction of sp³-hybridized carbons (Fsp3) is 0.238. The molecule has 2 aromatic carbocycles. The van der Waals surface area contributed by atoms with Crippen molar-refractivity contribution in [3.05, 3.63) is 58.5 Å². The van der Waals surface area contributed by atoms with E-state index in [1.807, 2.05) is 50.3 Å². The summed E-state index contributed by atoms with van der Waals surface area (Å²) in [6, 6.07) is 13.1. The van der Waals surface area contributed by atoms with Gasteiger partial charge in [0, 0.05) is 23.5 Å². The highest BCUT2D eigenvalue weighted by Gasteiger charge is 2.27. The molecule has 3 rings (SSSR count). The number of benzene rings is 2. The Hall–Kier alpha value is -2.73. The van der Waals surface area contributed by atoms with Crippen molar-refractivity contribution in [1.29, 1.82) is 0 Å². The molecule has 2 aromatic rings. The minimum Gasteiger partial charge on any atom is -0.497 e. The fourth-order valence-electron chi connectivity index (χ4n) is 2.76. The summed E-state index contributed by atoms with van der Waals surface area (Å²) in [5, 5.41) is 2.87. The SMILES string of the molecule is COc1cccc(/C=C2\Sc3ccc(C(=O)NC(C)C)cc3N(C)C2=O)c1. The van der Waals surface area contributed by atoms with Crippen LogP contribution in [0.2, 0.25) is 0 Å². The normalized spacial score (nSPS) is 15.1. The van der Waals surface area contributed by atoms with Gasteiger partial charge in [0.25, 0.3) is 11.8 Å². The number of rotatable bonds is 4. The zero-order chi connectivity index (χ0) is 19.6. The lowest BCUT2D eigenvalue weighted by Crippen LogP contribution is -2.32. The zero-order valence-corrected chi connectivity index (χ0v) is 16.6. The molecule has 2 amide bonds. The summed E-state index contributed by atoms with van der Waals surface area (Å²) in [6.45, 7) is 3.83. The second-order valence-electron chi connectivity index (χ2n) is 6.56. The van der Waals surface area contributed by atoms with Gasteiger partial charge in [-0.2, -0.15) is 0 Å². The van der Waals surface area contributed by atoms with Crippen molar-refractivity contribution in [2.45, 2.75) is 24.8 Å². The molecule has 0 saturated heterocycles. The lowest BCUT2D eigenvalue weighted by molar-refractivity contribution is -0.114. The summed E-state index contributed by atoms with van der Waals surface area (Å²) in [5.74, 6) is 0.500. The first-order valence-electron chi connectivity index (χ1n) is 8.65. The number of thioether (sulfide) groups is 1. The maximum atomic E-state index is 12.8. The van der Waals surface area contributed by atoms with E-state index < -0.39 is 0 Å². The van der Waals surface area contributed by atoms with Gasteiger partial charge in [0.05, 0.1) is 17.7 Å². The standard InChI is InChI=1S/C21H22N2O3S/c1-13(2)22-20(24)15-8-9-18-17(12-15)23(3)21(25)19(27-18)11-14-6-5-7-16(10-14)26-4/h5-13H,1-4H3,(H,22,24)/b19-11-. The first-order chi connectivity index (χ1) is 12.9. The van der Waals surface area contributed by atoms with Gasteiger partial charge in [-0.3, -0.25) is 9.59 Å². The number of hydrogen-bond acceptors (Lipinski definition) is 4. The van der Waals surface area contributed by atoms with E-state index in [2.05, 4.69) is 5.32 Å². The predicted molar refractivity (Wildman–Crippen MR) is 109 cm³/mol. The molecule has 0 atom stereocenters. The molecule has 0 fully saturated rings. The largest absolute Gasteiger partial charge is 0.497 e. The molecule has 140 valence electrons. The van der Waals surface area contributed by atoms with Crippen LogP contribution in [0.5, 0.6) is 5.75 Å². The number of carbonyl (C=O) groups is 2. The monoisotopic (exact) mass is 382 g/mol. The number of amides is 2. The van der Waals surface area contributed by atoms with E-state index in [1.165, 1.54) is 11.8 Å². The highest BCUT2D eigenvalue weighted by atomic mass is 32.2. The van der Waals surface area contributed by atoms with Crippen LogP contribution in [0, 0.1) is 0 Å². The van der Waals surface area contributed by atoms with Crippen molar-refractivity contribution >= 4 is 35.3 Å². The third kappa shape index (κ3) is 4.17. The molecule has 1 aliphatic rings. The van der Waals surface area contributed by atoms with E-state index in [0.29, 0.717) is 10.5 Å². The van der Waals surface area contributed by atoms with E-state index in [4.69, 9.17) is 4.74 Å². The fourth-order valence-corrected chi connectivity index (χ4v) is 3.86. The van der Waals surface area contributed by atoms with Crippen molar-refractivity contribution in [3.8, 4) is 5.75 Å². The Bertz CT molecular complexity index is 921. The molecule has 0 aromatic heterocycles. The van der Waals surface area contributed by atoms with Gasteiger partial charge in [0.2, 0.25) is 0 Å². The number of nitrogens with one attached hydrogen (secondary N) is 1. The molecule has 0 bridgehead atoms. The van der Waals surface area contributed by atoms with E-state index in [9.17, 15) is 9.59 Å². The third-order valence-corrected chi connectivity index (χ3v) is 5.21. The molecular formula is C21H22N2O3S. The van der Waals surface area contributed by atoms with Gasteiger partial charge in [-0.15, -0.1) is 0 Å². The van der Waals surface area contributed by atoms with Crippen molar-refractivity contribution in [2.75, 3.05) is 19.1 Å².